The van der Waals surface area contributed by atoms with Gasteiger partial charge in [0.2, 0.25) is 0 Å². The van der Waals surface area contributed by atoms with E-state index in [2.05, 4.69) is 133 Å². The van der Waals surface area contributed by atoms with Gasteiger partial charge in [-0.2, -0.15) is 0 Å². The highest BCUT2D eigenvalue weighted by molar-refractivity contribution is 6.23. The molecule has 204 valence electrons. The van der Waals surface area contributed by atoms with Gasteiger partial charge in [0, 0.05) is 16.5 Å². The Hall–Kier alpha value is -5.60. The minimum atomic E-state index is 0.948. The minimum absolute atomic E-state index is 0.948. The van der Waals surface area contributed by atoms with Crippen LogP contribution in [0.15, 0.2) is 127 Å². The van der Waals surface area contributed by atoms with Crippen LogP contribution in [0.2, 0.25) is 0 Å². The zero-order valence-corrected chi connectivity index (χ0v) is 24.0. The van der Waals surface area contributed by atoms with Gasteiger partial charge in [0.15, 0.2) is 0 Å². The topological polar surface area (TPSA) is 25.8 Å². The lowest BCUT2D eigenvalue weighted by atomic mass is 9.88. The van der Waals surface area contributed by atoms with Crippen LogP contribution < -0.4 is 5.22 Å². The van der Waals surface area contributed by atoms with Crippen LogP contribution >= 0.6 is 0 Å². The molecule has 0 saturated heterocycles. The molecule has 0 atom stereocenters. The fourth-order valence-electron chi connectivity index (χ4n) is 7.53. The Balaban J connectivity index is 1.37. The summed E-state index contributed by atoms with van der Waals surface area (Å²) in [4.78, 5) is 11.2. The van der Waals surface area contributed by atoms with Crippen molar-refractivity contribution in [3.63, 3.8) is 0 Å². The normalized spacial score (nSPS) is 13.0. The van der Waals surface area contributed by atoms with Crippen LogP contribution in [-0.4, -0.2) is 9.97 Å². The van der Waals surface area contributed by atoms with Crippen molar-refractivity contribution in [3.05, 3.63) is 138 Å². The highest BCUT2D eigenvalue weighted by Crippen LogP contribution is 2.41. The molecule has 2 heteroatoms. The second kappa shape index (κ2) is 8.95. The summed E-state index contributed by atoms with van der Waals surface area (Å²) in [5.74, 6) is 0. The van der Waals surface area contributed by atoms with E-state index in [4.69, 9.17) is 9.97 Å². The first-order valence-corrected chi connectivity index (χ1v) is 15.4. The molecule has 44 heavy (non-hydrogen) atoms. The number of rotatable bonds is 2. The van der Waals surface area contributed by atoms with E-state index >= 15 is 0 Å². The molecule has 0 saturated carbocycles. The molecule has 1 heterocycles. The molecular formula is C42H26N2. The first-order chi connectivity index (χ1) is 21.8. The average molecular weight is 559 g/mol. The lowest BCUT2D eigenvalue weighted by molar-refractivity contribution is 1.04. The number of benzene rings is 8. The molecule has 8 aromatic carbocycles. The number of hydrogen-bond acceptors (Lipinski definition) is 2. The average Bonchev–Trinajstić information content (AvgIpc) is 3.09. The van der Waals surface area contributed by atoms with Crippen molar-refractivity contribution in [2.45, 2.75) is 12.8 Å². The summed E-state index contributed by atoms with van der Waals surface area (Å²) in [6.45, 7) is 0. The number of aryl methyl sites for hydroxylation is 1. The van der Waals surface area contributed by atoms with Crippen LogP contribution in [0.3, 0.4) is 0 Å². The summed E-state index contributed by atoms with van der Waals surface area (Å²) in [6.07, 6.45) is 4.37. The molecule has 0 radical (unpaired) electrons. The molecule has 0 bridgehead atoms. The highest BCUT2D eigenvalue weighted by atomic mass is 14.8. The Morgan fingerprint density at radius 3 is 1.70 bits per heavy atom. The molecule has 1 aliphatic carbocycles. The first-order valence-electron chi connectivity index (χ1n) is 15.4. The van der Waals surface area contributed by atoms with Gasteiger partial charge < -0.3 is 0 Å². The smallest absolute Gasteiger partial charge is 0.0979 e. The lowest BCUT2D eigenvalue weighted by Crippen LogP contribution is -2.11. The van der Waals surface area contributed by atoms with Crippen molar-refractivity contribution in [2.75, 3.05) is 0 Å². The van der Waals surface area contributed by atoms with Gasteiger partial charge >= 0.3 is 0 Å². The third-order valence-corrected chi connectivity index (χ3v) is 9.62. The van der Waals surface area contributed by atoms with Crippen LogP contribution in [0, 0.1) is 0 Å². The second-order valence-electron chi connectivity index (χ2n) is 12.1. The van der Waals surface area contributed by atoms with E-state index in [1.807, 2.05) is 0 Å². The van der Waals surface area contributed by atoms with E-state index in [-0.39, 0.29) is 0 Å². The van der Waals surface area contributed by atoms with E-state index in [9.17, 15) is 0 Å². The van der Waals surface area contributed by atoms with Gasteiger partial charge in [-0.3, -0.25) is 0 Å². The zero-order chi connectivity index (χ0) is 28.8. The molecule has 0 aliphatic heterocycles. The van der Waals surface area contributed by atoms with Crippen molar-refractivity contribution in [1.82, 2.24) is 9.97 Å². The van der Waals surface area contributed by atoms with Crippen molar-refractivity contribution < 1.29 is 0 Å². The molecule has 0 unspecified atom stereocenters. The zero-order valence-electron chi connectivity index (χ0n) is 24.0. The number of aromatic nitrogens is 2. The molecule has 1 aromatic heterocycles. The van der Waals surface area contributed by atoms with Crippen molar-refractivity contribution in [1.29, 1.82) is 0 Å². The fourth-order valence-corrected chi connectivity index (χ4v) is 7.53. The number of hydrogen-bond donors (Lipinski definition) is 0. The van der Waals surface area contributed by atoms with Gasteiger partial charge in [-0.15, -0.1) is 0 Å². The van der Waals surface area contributed by atoms with Gasteiger partial charge in [0.25, 0.3) is 0 Å². The minimum Gasteiger partial charge on any atom is -0.243 e. The quantitative estimate of drug-likeness (QED) is 0.156. The first kappa shape index (κ1) is 23.9. The molecule has 0 N–H and O–H groups in total. The Bertz CT molecular complexity index is 2720. The van der Waals surface area contributed by atoms with Crippen molar-refractivity contribution in [3.8, 4) is 22.3 Å². The molecule has 9 aromatic rings. The summed E-state index contributed by atoms with van der Waals surface area (Å²) in [5.41, 5.74) is 9.82. The largest absolute Gasteiger partial charge is 0.243 e. The van der Waals surface area contributed by atoms with E-state index in [0.717, 1.165) is 57.2 Å². The summed E-state index contributed by atoms with van der Waals surface area (Å²) in [6, 6.07) is 46.2. The molecule has 1 aliphatic rings. The van der Waals surface area contributed by atoms with Crippen LogP contribution in [-0.2, 0) is 6.42 Å². The summed E-state index contributed by atoms with van der Waals surface area (Å²) in [7, 11) is 0. The van der Waals surface area contributed by atoms with Crippen molar-refractivity contribution in [2.24, 2.45) is 0 Å². The van der Waals surface area contributed by atoms with Gasteiger partial charge in [0.1, 0.15) is 0 Å². The lowest BCUT2D eigenvalue weighted by Gasteiger charge is -2.19. The van der Waals surface area contributed by atoms with E-state index in [0.29, 0.717) is 0 Å². The molecule has 0 spiro atoms. The number of fused-ring (bicyclic) bond motifs is 6. The Morgan fingerprint density at radius 2 is 1.02 bits per heavy atom. The summed E-state index contributed by atoms with van der Waals surface area (Å²) >= 11 is 0. The summed E-state index contributed by atoms with van der Waals surface area (Å²) in [5, 5.41) is 11.4. The highest BCUT2D eigenvalue weighted by Gasteiger charge is 2.21. The maximum atomic E-state index is 5.62. The third-order valence-electron chi connectivity index (χ3n) is 9.62. The van der Waals surface area contributed by atoms with Gasteiger partial charge in [0.05, 0.1) is 22.1 Å². The Kier molecular flexibility index (Phi) is 4.86. The SMILES string of the molecule is C1=c2ccc3cccc4c5nc6c(-c7ccc8ccccc8c7)ccc(-c7ccc8ccccc8c7)c6nc5c(c2c34)CC1. The maximum Gasteiger partial charge on any atom is 0.0979 e. The number of nitrogens with zero attached hydrogens (tertiary/aromatic N) is 2. The summed E-state index contributed by atoms with van der Waals surface area (Å²) < 4.78 is 0. The standard InChI is InChI=1S/C42H26N2/c1-3-9-29-23-31(19-15-25(29)7-1)33-21-22-34(32-20-16-26-8-2-4-10-30(26)24-32)40-39(33)43-41-35-13-5-11-27-17-18-28-12-6-14-36(42(41)44-40)38(28)37(27)35/h1-5,7-13,15-24H,6,14H2. The molecule has 2 nitrogen and oxygen atoms in total. The third kappa shape index (κ3) is 3.37. The van der Waals surface area contributed by atoms with Gasteiger partial charge in [-0.1, -0.05) is 121 Å². The fraction of sp³-hybridized carbons (Fsp3) is 0.0476. The van der Waals surface area contributed by atoms with Crippen LogP contribution in [0.4, 0.5) is 0 Å². The van der Waals surface area contributed by atoms with E-state index in [1.165, 1.54) is 53.9 Å². The van der Waals surface area contributed by atoms with Gasteiger partial charge in [-0.05, 0) is 84.6 Å². The second-order valence-corrected chi connectivity index (χ2v) is 12.1. The predicted molar refractivity (Wildman–Crippen MR) is 186 cm³/mol. The van der Waals surface area contributed by atoms with Crippen LogP contribution in [0.5, 0.6) is 0 Å². The molecular weight excluding hydrogens is 532 g/mol. The monoisotopic (exact) mass is 558 g/mol. The van der Waals surface area contributed by atoms with Crippen molar-refractivity contribution >= 4 is 71.2 Å². The Labute approximate surface area is 253 Å². The molecule has 0 amide bonds. The predicted octanol–water partition coefficient (Wildman–Crippen LogP) is 10.2. The Morgan fingerprint density at radius 1 is 0.432 bits per heavy atom. The molecule has 0 fully saturated rings. The molecule has 10 rings (SSSR count). The van der Waals surface area contributed by atoms with Crippen LogP contribution in [0.1, 0.15) is 12.0 Å². The van der Waals surface area contributed by atoms with E-state index < -0.39 is 0 Å². The van der Waals surface area contributed by atoms with Gasteiger partial charge in [-0.25, -0.2) is 9.97 Å². The van der Waals surface area contributed by atoms with E-state index in [1.54, 1.807) is 0 Å². The van der Waals surface area contributed by atoms with Crippen LogP contribution in [0.25, 0.3) is 93.5 Å². The maximum absolute atomic E-state index is 5.62.